The molecule has 1 aliphatic rings. The van der Waals surface area contributed by atoms with Crippen LogP contribution in [0.1, 0.15) is 37.9 Å². The molecule has 1 aromatic carbocycles. The monoisotopic (exact) mass is 236 g/mol. The number of benzene rings is 1. The lowest BCUT2D eigenvalue weighted by Crippen LogP contribution is -2.17. The maximum absolute atomic E-state index is 13.2. The average molecular weight is 236 g/mol. The number of aliphatic hydroxyl groups is 1. The van der Waals surface area contributed by atoms with E-state index < -0.39 is 6.10 Å². The molecule has 92 valence electrons. The summed E-state index contributed by atoms with van der Waals surface area (Å²) in [6.07, 6.45) is 6.51. The van der Waals surface area contributed by atoms with Crippen molar-refractivity contribution in [3.05, 3.63) is 41.7 Å². The Kier molecular flexibility index (Phi) is 3.79. The summed E-state index contributed by atoms with van der Waals surface area (Å²) in [5, 5.41) is 9.60. The molecule has 0 saturated heterocycles. The molecule has 1 aliphatic carbocycles. The lowest BCUT2D eigenvalue weighted by Gasteiger charge is -2.21. The molecular formula is C14H17FO2. The van der Waals surface area contributed by atoms with E-state index in [4.69, 9.17) is 4.74 Å². The highest BCUT2D eigenvalue weighted by atomic mass is 19.1. The Labute approximate surface area is 101 Å². The lowest BCUT2D eigenvalue weighted by atomic mass is 10.0. The molecule has 2 rings (SSSR count). The highest BCUT2D eigenvalue weighted by Crippen LogP contribution is 2.28. The van der Waals surface area contributed by atoms with E-state index in [1.165, 1.54) is 12.1 Å². The van der Waals surface area contributed by atoms with Crippen LogP contribution < -0.4 is 4.74 Å². The number of hydrogen-bond acceptors (Lipinski definition) is 2. The molecular weight excluding hydrogens is 219 g/mol. The van der Waals surface area contributed by atoms with Gasteiger partial charge in [0.15, 0.2) is 0 Å². The fourth-order valence-corrected chi connectivity index (χ4v) is 2.00. The number of aliphatic hydroxyl groups excluding tert-OH is 1. The van der Waals surface area contributed by atoms with Crippen molar-refractivity contribution in [3.63, 3.8) is 0 Å². The Hall–Kier alpha value is -1.35. The molecule has 17 heavy (non-hydrogen) atoms. The Morgan fingerprint density at radius 2 is 2.29 bits per heavy atom. The van der Waals surface area contributed by atoms with Crippen LogP contribution in [0.3, 0.4) is 0 Å². The third kappa shape index (κ3) is 3.07. The minimum Gasteiger partial charge on any atom is -0.486 e. The summed E-state index contributed by atoms with van der Waals surface area (Å²) >= 11 is 0. The zero-order chi connectivity index (χ0) is 12.3. The van der Waals surface area contributed by atoms with Gasteiger partial charge in [0.05, 0.1) is 6.10 Å². The molecule has 3 heteroatoms. The minimum absolute atomic E-state index is 0.0111. The van der Waals surface area contributed by atoms with Crippen LogP contribution in [0.25, 0.3) is 0 Å². The largest absolute Gasteiger partial charge is 0.486 e. The van der Waals surface area contributed by atoms with Gasteiger partial charge in [-0.3, -0.25) is 0 Å². The van der Waals surface area contributed by atoms with Gasteiger partial charge in [0.2, 0.25) is 0 Å². The van der Waals surface area contributed by atoms with Crippen LogP contribution in [0.2, 0.25) is 0 Å². The van der Waals surface area contributed by atoms with Crippen molar-refractivity contribution in [2.24, 2.45) is 0 Å². The van der Waals surface area contributed by atoms with E-state index in [9.17, 15) is 9.50 Å². The van der Waals surface area contributed by atoms with Crippen molar-refractivity contribution in [1.82, 2.24) is 0 Å². The van der Waals surface area contributed by atoms with E-state index in [2.05, 4.69) is 6.08 Å². The summed E-state index contributed by atoms with van der Waals surface area (Å²) in [5.41, 5.74) is 0.630. The third-order valence-corrected chi connectivity index (χ3v) is 2.91. The van der Waals surface area contributed by atoms with E-state index >= 15 is 0 Å². The Balaban J connectivity index is 2.20. The van der Waals surface area contributed by atoms with Gasteiger partial charge >= 0.3 is 0 Å². The summed E-state index contributed by atoms with van der Waals surface area (Å²) < 4.78 is 18.9. The van der Waals surface area contributed by atoms with Gasteiger partial charge < -0.3 is 9.84 Å². The van der Waals surface area contributed by atoms with Crippen LogP contribution in [0.15, 0.2) is 30.4 Å². The second-order valence-electron chi connectivity index (χ2n) is 4.37. The molecule has 2 nitrogen and oxygen atoms in total. The zero-order valence-electron chi connectivity index (χ0n) is 9.90. The Morgan fingerprint density at radius 3 is 2.94 bits per heavy atom. The Bertz CT molecular complexity index is 413. The van der Waals surface area contributed by atoms with Gasteiger partial charge in [0, 0.05) is 11.6 Å². The highest BCUT2D eigenvalue weighted by Gasteiger charge is 2.15. The molecule has 0 saturated carbocycles. The second kappa shape index (κ2) is 5.32. The van der Waals surface area contributed by atoms with Crippen LogP contribution in [0.5, 0.6) is 5.75 Å². The standard InChI is InChI=1S/C14H17FO2/c1-10(16)13-8-7-11(15)9-14(13)17-12-5-3-2-4-6-12/h3,5,7-10,12,16H,2,4,6H2,1H3. The van der Waals surface area contributed by atoms with Crippen molar-refractivity contribution < 1.29 is 14.2 Å². The molecule has 0 heterocycles. The van der Waals surface area contributed by atoms with E-state index in [-0.39, 0.29) is 11.9 Å². The van der Waals surface area contributed by atoms with Crippen LogP contribution >= 0.6 is 0 Å². The zero-order valence-corrected chi connectivity index (χ0v) is 9.90. The molecule has 1 N–H and O–H groups in total. The van der Waals surface area contributed by atoms with Gasteiger partial charge in [-0.25, -0.2) is 4.39 Å². The van der Waals surface area contributed by atoms with Crippen LogP contribution in [-0.2, 0) is 0 Å². The van der Waals surface area contributed by atoms with Crippen molar-refractivity contribution in [1.29, 1.82) is 0 Å². The smallest absolute Gasteiger partial charge is 0.128 e. The minimum atomic E-state index is -0.654. The fraction of sp³-hybridized carbons (Fsp3) is 0.429. The van der Waals surface area contributed by atoms with E-state index in [1.54, 1.807) is 13.0 Å². The molecule has 0 amide bonds. The predicted octanol–water partition coefficient (Wildman–Crippen LogP) is 3.37. The van der Waals surface area contributed by atoms with E-state index in [0.29, 0.717) is 11.3 Å². The van der Waals surface area contributed by atoms with Crippen molar-refractivity contribution in [2.45, 2.75) is 38.4 Å². The van der Waals surface area contributed by atoms with Crippen molar-refractivity contribution in [3.8, 4) is 5.75 Å². The highest BCUT2D eigenvalue weighted by molar-refractivity contribution is 5.36. The van der Waals surface area contributed by atoms with Gasteiger partial charge in [-0.1, -0.05) is 6.08 Å². The second-order valence-corrected chi connectivity index (χ2v) is 4.37. The van der Waals surface area contributed by atoms with Crippen LogP contribution in [0, 0.1) is 5.82 Å². The van der Waals surface area contributed by atoms with Gasteiger partial charge in [-0.2, -0.15) is 0 Å². The summed E-state index contributed by atoms with van der Waals surface area (Å²) in [4.78, 5) is 0. The Morgan fingerprint density at radius 1 is 1.47 bits per heavy atom. The summed E-state index contributed by atoms with van der Waals surface area (Å²) in [5.74, 6) is 0.0979. The van der Waals surface area contributed by atoms with Crippen molar-refractivity contribution in [2.75, 3.05) is 0 Å². The van der Waals surface area contributed by atoms with Crippen molar-refractivity contribution >= 4 is 0 Å². The maximum atomic E-state index is 13.2. The molecule has 0 fully saturated rings. The quantitative estimate of drug-likeness (QED) is 0.815. The number of rotatable bonds is 3. The normalized spacial score (nSPS) is 21.2. The first-order valence-corrected chi connectivity index (χ1v) is 5.97. The number of halogens is 1. The van der Waals surface area contributed by atoms with Crippen LogP contribution in [0.4, 0.5) is 4.39 Å². The topological polar surface area (TPSA) is 29.5 Å². The average Bonchev–Trinajstić information content (AvgIpc) is 2.30. The van der Waals surface area contributed by atoms with Gasteiger partial charge in [0.1, 0.15) is 17.7 Å². The fourth-order valence-electron chi connectivity index (χ4n) is 2.00. The molecule has 0 radical (unpaired) electrons. The molecule has 2 unspecified atom stereocenters. The first kappa shape index (κ1) is 12.1. The predicted molar refractivity (Wildman–Crippen MR) is 64.4 cm³/mol. The van der Waals surface area contributed by atoms with Gasteiger partial charge in [0.25, 0.3) is 0 Å². The van der Waals surface area contributed by atoms with E-state index in [0.717, 1.165) is 19.3 Å². The first-order chi connectivity index (χ1) is 8.16. The summed E-state index contributed by atoms with van der Waals surface area (Å²) in [6, 6.07) is 4.25. The number of hydrogen-bond donors (Lipinski definition) is 1. The molecule has 1 aromatic rings. The van der Waals surface area contributed by atoms with Crippen LogP contribution in [-0.4, -0.2) is 11.2 Å². The van der Waals surface area contributed by atoms with E-state index in [1.807, 2.05) is 6.08 Å². The van der Waals surface area contributed by atoms with Gasteiger partial charge in [-0.15, -0.1) is 0 Å². The molecule has 0 spiro atoms. The van der Waals surface area contributed by atoms with Gasteiger partial charge in [-0.05, 0) is 44.4 Å². The molecule has 0 bridgehead atoms. The summed E-state index contributed by atoms with van der Waals surface area (Å²) in [6.45, 7) is 1.65. The SMILES string of the molecule is CC(O)c1ccc(F)cc1OC1C=CCCC1. The lowest BCUT2D eigenvalue weighted by molar-refractivity contribution is 0.180. The summed E-state index contributed by atoms with van der Waals surface area (Å²) in [7, 11) is 0. The first-order valence-electron chi connectivity index (χ1n) is 5.97. The molecule has 0 aromatic heterocycles. The molecule has 2 atom stereocenters. The molecule has 0 aliphatic heterocycles. The third-order valence-electron chi connectivity index (χ3n) is 2.91. The number of allylic oxidation sites excluding steroid dienone is 1. The number of ether oxygens (including phenoxy) is 1. The maximum Gasteiger partial charge on any atom is 0.128 e.